The van der Waals surface area contributed by atoms with E-state index in [1.54, 1.807) is 6.08 Å². The molecule has 1 heteroatoms. The fraction of sp³-hybridized carbons (Fsp3) is 0.154. The minimum Gasteiger partial charge on any atom is -0.264 e. The summed E-state index contributed by atoms with van der Waals surface area (Å²) in [5, 5.41) is 0. The van der Waals surface area contributed by atoms with E-state index >= 15 is 0 Å². The maximum absolute atomic E-state index is 4.00. The summed E-state index contributed by atoms with van der Waals surface area (Å²) >= 11 is 0. The van der Waals surface area contributed by atoms with Crippen LogP contribution >= 0.6 is 0 Å². The molecule has 0 aliphatic carbocycles. The molecule has 1 rings (SSSR count). The van der Waals surface area contributed by atoms with Crippen molar-refractivity contribution in [3.05, 3.63) is 54.1 Å². The number of aliphatic imine (C=N–C) groups is 1. The molecule has 0 saturated heterocycles. The smallest absolute Gasteiger partial charge is 0.0697 e. The van der Waals surface area contributed by atoms with Crippen LogP contribution in [0.4, 0.5) is 0 Å². The molecule has 0 heterocycles. The predicted octanol–water partition coefficient (Wildman–Crippen LogP) is 3.48. The molecule has 0 fully saturated rings. The zero-order chi connectivity index (χ0) is 10.4. The number of benzene rings is 1. The second-order valence-corrected chi connectivity index (χ2v) is 2.96. The third-order valence-electron chi connectivity index (χ3n) is 2.12. The van der Waals surface area contributed by atoms with Crippen LogP contribution in [0.3, 0.4) is 0 Å². The minimum atomic E-state index is 0.887. The highest BCUT2D eigenvalue weighted by atomic mass is 14.7. The molecule has 1 aromatic rings. The molecule has 0 atom stereocenters. The molecule has 0 aliphatic rings. The normalized spacial score (nSPS) is 11.1. The molecule has 0 N–H and O–H groups in total. The third-order valence-corrected chi connectivity index (χ3v) is 2.12. The Hall–Kier alpha value is -1.63. The van der Waals surface area contributed by atoms with Gasteiger partial charge >= 0.3 is 0 Å². The fourth-order valence-corrected chi connectivity index (χ4v) is 1.42. The highest BCUT2D eigenvalue weighted by molar-refractivity contribution is 5.71. The van der Waals surface area contributed by atoms with Gasteiger partial charge in [0.1, 0.15) is 0 Å². The van der Waals surface area contributed by atoms with Crippen molar-refractivity contribution in [2.75, 3.05) is 0 Å². The summed E-state index contributed by atoms with van der Waals surface area (Å²) in [6.45, 7) is 9.36. The van der Waals surface area contributed by atoms with Crippen LogP contribution in [-0.4, -0.2) is 6.72 Å². The quantitative estimate of drug-likeness (QED) is 0.503. The van der Waals surface area contributed by atoms with Crippen LogP contribution < -0.4 is 0 Å². The molecular weight excluding hydrogens is 170 g/mol. The van der Waals surface area contributed by atoms with Crippen molar-refractivity contribution in [2.24, 2.45) is 4.99 Å². The Kier molecular flexibility index (Phi) is 3.86. The molecule has 0 aliphatic heterocycles. The standard InChI is InChI=1S/C13H15N/c1-4-8-13(14-3)12-10-7-6-9-11(12)5-2/h4,6-10H,1,3,5H2,2H3/b13-8-. The Balaban J connectivity index is 3.21. The molecule has 0 amide bonds. The van der Waals surface area contributed by atoms with E-state index in [2.05, 4.69) is 37.3 Å². The second kappa shape index (κ2) is 5.18. The zero-order valence-electron chi connectivity index (χ0n) is 8.53. The number of hydrogen-bond donors (Lipinski definition) is 0. The molecule has 0 aromatic heterocycles. The molecular formula is C13H15N. The number of hydrogen-bond acceptors (Lipinski definition) is 1. The lowest BCUT2D eigenvalue weighted by Gasteiger charge is -2.06. The van der Waals surface area contributed by atoms with Gasteiger partial charge < -0.3 is 0 Å². The average Bonchev–Trinajstić information content (AvgIpc) is 2.26. The highest BCUT2D eigenvalue weighted by Crippen LogP contribution is 2.20. The molecule has 0 spiro atoms. The van der Waals surface area contributed by atoms with Gasteiger partial charge in [-0.2, -0.15) is 0 Å². The monoisotopic (exact) mass is 185 g/mol. The Bertz CT molecular complexity index is 361. The summed E-state index contributed by atoms with van der Waals surface area (Å²) in [6, 6.07) is 8.22. The van der Waals surface area contributed by atoms with E-state index in [4.69, 9.17) is 0 Å². The Morgan fingerprint density at radius 3 is 2.71 bits per heavy atom. The van der Waals surface area contributed by atoms with Crippen LogP contribution in [0, 0.1) is 0 Å². The predicted molar refractivity (Wildman–Crippen MR) is 63.5 cm³/mol. The Labute approximate surface area is 85.5 Å². The van der Waals surface area contributed by atoms with Crippen molar-refractivity contribution in [2.45, 2.75) is 13.3 Å². The summed E-state index contributed by atoms with van der Waals surface area (Å²) < 4.78 is 0. The highest BCUT2D eigenvalue weighted by Gasteiger charge is 2.02. The number of allylic oxidation sites excluding steroid dienone is 2. The van der Waals surface area contributed by atoms with Crippen LogP contribution in [0.5, 0.6) is 0 Å². The fourth-order valence-electron chi connectivity index (χ4n) is 1.42. The van der Waals surface area contributed by atoms with Crippen molar-refractivity contribution < 1.29 is 0 Å². The number of rotatable bonds is 4. The summed E-state index contributed by atoms with van der Waals surface area (Å²) in [5.41, 5.74) is 3.32. The van der Waals surface area contributed by atoms with Gasteiger partial charge in [0.2, 0.25) is 0 Å². The first-order valence-electron chi connectivity index (χ1n) is 4.71. The van der Waals surface area contributed by atoms with Gasteiger partial charge in [0.25, 0.3) is 0 Å². The largest absolute Gasteiger partial charge is 0.264 e. The molecule has 0 radical (unpaired) electrons. The van der Waals surface area contributed by atoms with Crippen LogP contribution in [0.15, 0.2) is 48.0 Å². The average molecular weight is 185 g/mol. The second-order valence-electron chi connectivity index (χ2n) is 2.96. The van der Waals surface area contributed by atoms with E-state index in [-0.39, 0.29) is 0 Å². The van der Waals surface area contributed by atoms with E-state index in [0.29, 0.717) is 0 Å². The topological polar surface area (TPSA) is 12.4 Å². The van der Waals surface area contributed by atoms with Gasteiger partial charge in [0.05, 0.1) is 5.70 Å². The number of nitrogens with zero attached hydrogens (tertiary/aromatic N) is 1. The molecule has 0 bridgehead atoms. The van der Waals surface area contributed by atoms with Crippen LogP contribution in [-0.2, 0) is 6.42 Å². The van der Waals surface area contributed by atoms with Gasteiger partial charge in [-0.25, -0.2) is 0 Å². The van der Waals surface area contributed by atoms with E-state index in [0.717, 1.165) is 17.7 Å². The van der Waals surface area contributed by atoms with Gasteiger partial charge in [-0.3, -0.25) is 4.99 Å². The SMILES string of the molecule is C=C/C=C(\N=C)c1ccccc1CC. The summed E-state index contributed by atoms with van der Waals surface area (Å²) in [7, 11) is 0. The summed E-state index contributed by atoms with van der Waals surface area (Å²) in [5.74, 6) is 0. The first-order chi connectivity index (χ1) is 6.83. The maximum Gasteiger partial charge on any atom is 0.0697 e. The van der Waals surface area contributed by atoms with E-state index in [9.17, 15) is 0 Å². The van der Waals surface area contributed by atoms with E-state index in [1.807, 2.05) is 18.2 Å². The molecule has 14 heavy (non-hydrogen) atoms. The maximum atomic E-state index is 4.00. The first kappa shape index (κ1) is 10.5. The van der Waals surface area contributed by atoms with Gasteiger partial charge in [-0.05, 0) is 24.8 Å². The number of aryl methyl sites for hydroxylation is 1. The molecule has 72 valence electrons. The Morgan fingerprint density at radius 1 is 1.43 bits per heavy atom. The van der Waals surface area contributed by atoms with Crippen molar-refractivity contribution >= 4 is 12.4 Å². The first-order valence-corrected chi connectivity index (χ1v) is 4.71. The van der Waals surface area contributed by atoms with Crippen molar-refractivity contribution in [3.63, 3.8) is 0 Å². The van der Waals surface area contributed by atoms with Gasteiger partial charge in [-0.1, -0.05) is 43.8 Å². The van der Waals surface area contributed by atoms with Crippen molar-refractivity contribution in [1.29, 1.82) is 0 Å². The lowest BCUT2D eigenvalue weighted by Crippen LogP contribution is -1.89. The Morgan fingerprint density at radius 2 is 2.14 bits per heavy atom. The van der Waals surface area contributed by atoms with Crippen LogP contribution in [0.2, 0.25) is 0 Å². The van der Waals surface area contributed by atoms with Crippen molar-refractivity contribution in [1.82, 2.24) is 0 Å². The molecule has 0 unspecified atom stereocenters. The lowest BCUT2D eigenvalue weighted by atomic mass is 10.0. The molecule has 1 aromatic carbocycles. The van der Waals surface area contributed by atoms with E-state index in [1.165, 1.54) is 5.56 Å². The van der Waals surface area contributed by atoms with Crippen molar-refractivity contribution in [3.8, 4) is 0 Å². The third kappa shape index (κ3) is 2.19. The molecule has 0 saturated carbocycles. The zero-order valence-corrected chi connectivity index (χ0v) is 8.53. The van der Waals surface area contributed by atoms with Gasteiger partial charge in [0, 0.05) is 5.56 Å². The van der Waals surface area contributed by atoms with E-state index < -0.39 is 0 Å². The summed E-state index contributed by atoms with van der Waals surface area (Å²) in [4.78, 5) is 4.00. The van der Waals surface area contributed by atoms with Crippen LogP contribution in [0.25, 0.3) is 5.70 Å². The minimum absolute atomic E-state index is 0.887. The summed E-state index contributed by atoms with van der Waals surface area (Å²) in [6.07, 6.45) is 4.61. The van der Waals surface area contributed by atoms with Crippen LogP contribution in [0.1, 0.15) is 18.1 Å². The van der Waals surface area contributed by atoms with Gasteiger partial charge in [-0.15, -0.1) is 0 Å². The lowest BCUT2D eigenvalue weighted by molar-refractivity contribution is 1.13. The molecule has 1 nitrogen and oxygen atoms in total. The van der Waals surface area contributed by atoms with Gasteiger partial charge in [0.15, 0.2) is 0 Å².